The van der Waals surface area contributed by atoms with E-state index in [0.717, 1.165) is 22.5 Å². The number of benzene rings is 2. The van der Waals surface area contributed by atoms with Gasteiger partial charge in [-0.25, -0.2) is 0 Å². The normalized spacial score (nSPS) is 10.7. The van der Waals surface area contributed by atoms with Crippen LogP contribution in [0.5, 0.6) is 5.75 Å². The number of hydrogen-bond donors (Lipinski definition) is 3. The summed E-state index contributed by atoms with van der Waals surface area (Å²) < 4.78 is 0. The van der Waals surface area contributed by atoms with Gasteiger partial charge in [0, 0.05) is 23.6 Å². The topological polar surface area (TPSA) is 91.2 Å². The van der Waals surface area contributed by atoms with Gasteiger partial charge >= 0.3 is 0 Å². The number of anilines is 1. The molecule has 3 N–H and O–H groups in total. The van der Waals surface area contributed by atoms with Gasteiger partial charge in [0.25, 0.3) is 5.69 Å². The maximum atomic E-state index is 11.0. The molecule has 0 saturated heterocycles. The number of phenolic OH excluding ortho intramolecular Hbond substituents is 1. The summed E-state index contributed by atoms with van der Waals surface area (Å²) in [4.78, 5) is 13.6. The summed E-state index contributed by atoms with van der Waals surface area (Å²) in [7, 11) is 0. The maximum Gasteiger partial charge on any atom is 0.296 e. The van der Waals surface area contributed by atoms with Gasteiger partial charge in [-0.1, -0.05) is 12.1 Å². The Kier molecular flexibility index (Phi) is 3.19. The molecule has 0 aliphatic carbocycles. The van der Waals surface area contributed by atoms with E-state index in [9.17, 15) is 15.2 Å². The molecule has 6 nitrogen and oxygen atoms in total. The van der Waals surface area contributed by atoms with Gasteiger partial charge in [-0.05, 0) is 29.8 Å². The van der Waals surface area contributed by atoms with Crippen molar-refractivity contribution in [1.29, 1.82) is 0 Å². The van der Waals surface area contributed by atoms with Crippen LogP contribution in [0.4, 0.5) is 11.4 Å². The van der Waals surface area contributed by atoms with Gasteiger partial charge in [0.05, 0.1) is 11.0 Å². The average molecular weight is 283 g/mol. The molecular weight excluding hydrogens is 270 g/mol. The zero-order valence-electron chi connectivity index (χ0n) is 11.0. The maximum absolute atomic E-state index is 11.0. The molecule has 0 bridgehead atoms. The fourth-order valence-corrected chi connectivity index (χ4v) is 2.32. The lowest BCUT2D eigenvalue weighted by Crippen LogP contribution is -2.02. The Hall–Kier alpha value is -3.02. The summed E-state index contributed by atoms with van der Waals surface area (Å²) in [6.07, 6.45) is 1.86. The van der Waals surface area contributed by atoms with E-state index in [1.54, 1.807) is 0 Å². The predicted octanol–water partition coefficient (Wildman–Crippen LogP) is 3.39. The highest BCUT2D eigenvalue weighted by atomic mass is 16.6. The number of H-pyrrole nitrogens is 1. The molecule has 0 saturated carbocycles. The van der Waals surface area contributed by atoms with Crippen LogP contribution < -0.4 is 5.32 Å². The van der Waals surface area contributed by atoms with Crippen molar-refractivity contribution >= 4 is 22.3 Å². The van der Waals surface area contributed by atoms with Crippen LogP contribution >= 0.6 is 0 Å². The number of rotatable bonds is 4. The van der Waals surface area contributed by atoms with Crippen molar-refractivity contribution in [2.45, 2.75) is 6.54 Å². The summed E-state index contributed by atoms with van der Waals surface area (Å²) in [5.41, 5.74) is 2.30. The highest BCUT2D eigenvalue weighted by molar-refractivity contribution is 5.83. The van der Waals surface area contributed by atoms with Crippen LogP contribution in [0.3, 0.4) is 0 Å². The van der Waals surface area contributed by atoms with Gasteiger partial charge in [0.1, 0.15) is 11.4 Å². The molecule has 0 atom stereocenters. The van der Waals surface area contributed by atoms with Gasteiger partial charge in [0.15, 0.2) is 0 Å². The van der Waals surface area contributed by atoms with Crippen molar-refractivity contribution in [1.82, 2.24) is 4.98 Å². The number of aromatic nitrogens is 1. The van der Waals surface area contributed by atoms with Crippen LogP contribution in [0.15, 0.2) is 48.7 Å². The molecule has 1 heterocycles. The summed E-state index contributed by atoms with van der Waals surface area (Å²) >= 11 is 0. The molecule has 0 aliphatic heterocycles. The molecule has 6 heteroatoms. The molecule has 106 valence electrons. The Morgan fingerprint density at radius 2 is 2.10 bits per heavy atom. The van der Waals surface area contributed by atoms with Crippen LogP contribution in [0.1, 0.15) is 5.56 Å². The first-order chi connectivity index (χ1) is 10.1. The summed E-state index contributed by atoms with van der Waals surface area (Å²) in [5, 5.41) is 24.5. The minimum atomic E-state index is -0.515. The van der Waals surface area contributed by atoms with Crippen LogP contribution in [-0.4, -0.2) is 15.0 Å². The smallest absolute Gasteiger partial charge is 0.296 e. The van der Waals surface area contributed by atoms with E-state index in [2.05, 4.69) is 10.3 Å². The quantitative estimate of drug-likeness (QED) is 0.389. The largest absolute Gasteiger partial charge is 0.508 e. The molecule has 2 aromatic carbocycles. The lowest BCUT2D eigenvalue weighted by atomic mass is 10.1. The van der Waals surface area contributed by atoms with Gasteiger partial charge in [0.2, 0.25) is 0 Å². The third kappa shape index (κ3) is 2.51. The van der Waals surface area contributed by atoms with E-state index < -0.39 is 4.92 Å². The van der Waals surface area contributed by atoms with Crippen molar-refractivity contribution in [2.24, 2.45) is 0 Å². The molecule has 0 unspecified atom stereocenters. The molecule has 0 aliphatic rings. The number of nitro groups is 1. The van der Waals surface area contributed by atoms with Crippen LogP contribution in [0.25, 0.3) is 10.9 Å². The number of aromatic amines is 1. The highest BCUT2D eigenvalue weighted by Crippen LogP contribution is 2.29. The van der Waals surface area contributed by atoms with Crippen molar-refractivity contribution in [3.05, 3.63) is 64.3 Å². The molecule has 3 aromatic rings. The Balaban J connectivity index is 1.88. The molecule has 0 amide bonds. The van der Waals surface area contributed by atoms with Crippen molar-refractivity contribution in [2.75, 3.05) is 5.32 Å². The fraction of sp³-hybridized carbons (Fsp3) is 0.0667. The summed E-state index contributed by atoms with van der Waals surface area (Å²) in [5.74, 6) is -0.125. The van der Waals surface area contributed by atoms with Crippen molar-refractivity contribution in [3.8, 4) is 5.75 Å². The van der Waals surface area contributed by atoms with Crippen molar-refractivity contribution < 1.29 is 10.0 Å². The standard InChI is InChI=1S/C15H13N3O3/c19-11-4-5-14(15(8-11)18(20)21)17-9-10-2-1-3-13-12(10)6-7-16-13/h1-8,16-17,19H,9H2. The minimum absolute atomic E-state index is 0.125. The SMILES string of the molecule is O=[N+]([O-])c1cc(O)ccc1NCc1cccc2[nH]ccc12. The fourth-order valence-electron chi connectivity index (χ4n) is 2.32. The molecule has 0 fully saturated rings. The predicted molar refractivity (Wildman–Crippen MR) is 80.4 cm³/mol. The first-order valence-electron chi connectivity index (χ1n) is 6.41. The van der Waals surface area contributed by atoms with E-state index in [0.29, 0.717) is 12.2 Å². The highest BCUT2D eigenvalue weighted by Gasteiger charge is 2.14. The lowest BCUT2D eigenvalue weighted by Gasteiger charge is -2.08. The first kappa shape index (κ1) is 13.0. The second kappa shape index (κ2) is 5.16. The lowest BCUT2D eigenvalue weighted by molar-refractivity contribution is -0.384. The Bertz CT molecular complexity index is 811. The third-order valence-corrected chi connectivity index (χ3v) is 3.33. The average Bonchev–Trinajstić information content (AvgIpc) is 2.94. The Morgan fingerprint density at radius 3 is 2.90 bits per heavy atom. The minimum Gasteiger partial charge on any atom is -0.508 e. The van der Waals surface area contributed by atoms with E-state index in [-0.39, 0.29) is 11.4 Å². The molecule has 1 aromatic heterocycles. The zero-order chi connectivity index (χ0) is 14.8. The summed E-state index contributed by atoms with van der Waals surface area (Å²) in [6.45, 7) is 0.459. The van der Waals surface area contributed by atoms with E-state index in [1.807, 2.05) is 30.5 Å². The number of nitrogens with zero attached hydrogens (tertiary/aromatic N) is 1. The molecule has 3 rings (SSSR count). The van der Waals surface area contributed by atoms with Crippen molar-refractivity contribution in [3.63, 3.8) is 0 Å². The van der Waals surface area contributed by atoms with Crippen LogP contribution in [0.2, 0.25) is 0 Å². The third-order valence-electron chi connectivity index (χ3n) is 3.33. The second-order valence-corrected chi connectivity index (χ2v) is 4.67. The van der Waals surface area contributed by atoms with Gasteiger partial charge < -0.3 is 15.4 Å². The first-order valence-corrected chi connectivity index (χ1v) is 6.41. The number of hydrogen-bond acceptors (Lipinski definition) is 4. The zero-order valence-corrected chi connectivity index (χ0v) is 11.0. The number of aromatic hydroxyl groups is 1. The van der Waals surface area contributed by atoms with Crippen LogP contribution in [0, 0.1) is 10.1 Å². The molecule has 21 heavy (non-hydrogen) atoms. The number of fused-ring (bicyclic) bond motifs is 1. The van der Waals surface area contributed by atoms with Gasteiger partial charge in [-0.15, -0.1) is 0 Å². The van der Waals surface area contributed by atoms with Gasteiger partial charge in [-0.3, -0.25) is 10.1 Å². The van der Waals surface area contributed by atoms with Crippen LogP contribution in [-0.2, 0) is 6.54 Å². The molecule has 0 spiro atoms. The van der Waals surface area contributed by atoms with E-state index in [4.69, 9.17) is 0 Å². The number of nitro benzene ring substituents is 1. The van der Waals surface area contributed by atoms with E-state index in [1.165, 1.54) is 12.1 Å². The number of phenols is 1. The summed E-state index contributed by atoms with van der Waals surface area (Å²) in [6, 6.07) is 11.9. The number of nitrogens with one attached hydrogen (secondary N) is 2. The second-order valence-electron chi connectivity index (χ2n) is 4.67. The Labute approximate surface area is 120 Å². The van der Waals surface area contributed by atoms with Gasteiger partial charge in [-0.2, -0.15) is 0 Å². The monoisotopic (exact) mass is 283 g/mol. The molecule has 0 radical (unpaired) electrons. The Morgan fingerprint density at radius 1 is 1.24 bits per heavy atom. The molecular formula is C15H13N3O3. The van der Waals surface area contributed by atoms with E-state index >= 15 is 0 Å².